The average Bonchev–Trinajstić information content (AvgIpc) is 2.90. The van der Waals surface area contributed by atoms with Crippen molar-refractivity contribution >= 4 is 44.4 Å². The minimum Gasteiger partial charge on any atom is -0.302 e. The predicted molar refractivity (Wildman–Crippen MR) is 91.2 cm³/mol. The van der Waals surface area contributed by atoms with Gasteiger partial charge in [0.1, 0.15) is 0 Å². The number of hydrogen-bond donors (Lipinski definition) is 1. The molecule has 3 rings (SSSR count). The Kier molecular flexibility index (Phi) is 4.80. The van der Waals surface area contributed by atoms with Crippen LogP contribution >= 0.6 is 23.1 Å². The van der Waals surface area contributed by atoms with Crippen LogP contribution in [0.4, 0.5) is 5.13 Å². The number of rotatable bonds is 4. The Morgan fingerprint density at radius 3 is 2.95 bits per heavy atom. The zero-order valence-corrected chi connectivity index (χ0v) is 13.9. The molecule has 0 spiro atoms. The van der Waals surface area contributed by atoms with E-state index < -0.39 is 0 Å². The summed E-state index contributed by atoms with van der Waals surface area (Å²) in [7, 11) is 0. The highest BCUT2D eigenvalue weighted by Crippen LogP contribution is 2.33. The minimum absolute atomic E-state index is 0.117. The van der Waals surface area contributed by atoms with Gasteiger partial charge in [-0.3, -0.25) is 4.79 Å². The molecule has 112 valence electrons. The fourth-order valence-corrected chi connectivity index (χ4v) is 4.50. The third kappa shape index (κ3) is 3.58. The number of para-hydroxylation sites is 1. The van der Waals surface area contributed by atoms with Gasteiger partial charge in [-0.2, -0.15) is 0 Å². The zero-order chi connectivity index (χ0) is 14.7. The summed E-state index contributed by atoms with van der Waals surface area (Å²) in [6, 6.07) is 6.17. The van der Waals surface area contributed by atoms with Gasteiger partial charge in [0.25, 0.3) is 0 Å². The van der Waals surface area contributed by atoms with Crippen LogP contribution in [0.15, 0.2) is 23.1 Å². The first-order chi connectivity index (χ1) is 10.3. The monoisotopic (exact) mass is 320 g/mol. The molecule has 1 aliphatic carbocycles. The number of thioether (sulfide) groups is 1. The van der Waals surface area contributed by atoms with Crippen molar-refractivity contribution in [3.05, 3.63) is 18.2 Å². The molecule has 3 nitrogen and oxygen atoms in total. The number of thiazole rings is 1. The van der Waals surface area contributed by atoms with Crippen molar-refractivity contribution in [2.24, 2.45) is 5.92 Å². The number of amides is 1. The molecule has 1 aromatic carbocycles. The average molecular weight is 320 g/mol. The standard InChI is InChI=1S/C16H20N2OS2/c1-20-12-8-5-9-13-15(12)18-16(21-13)17-14(19)10-11-6-3-2-4-7-11/h5,8-9,11H,2-4,6-7,10H2,1H3,(H,17,18,19). The Balaban J connectivity index is 1.68. The van der Waals surface area contributed by atoms with E-state index in [0.29, 0.717) is 12.3 Å². The topological polar surface area (TPSA) is 42.0 Å². The highest BCUT2D eigenvalue weighted by atomic mass is 32.2. The molecule has 1 N–H and O–H groups in total. The molecule has 0 radical (unpaired) electrons. The zero-order valence-electron chi connectivity index (χ0n) is 12.2. The SMILES string of the molecule is CSc1cccc2sc(NC(=O)CC3CCCCC3)nc12. The third-order valence-corrected chi connectivity index (χ3v) is 5.75. The summed E-state index contributed by atoms with van der Waals surface area (Å²) in [6.07, 6.45) is 8.97. The molecule has 1 aromatic heterocycles. The lowest BCUT2D eigenvalue weighted by molar-refractivity contribution is -0.117. The van der Waals surface area contributed by atoms with Crippen LogP contribution < -0.4 is 5.32 Å². The molecule has 1 saturated carbocycles. The van der Waals surface area contributed by atoms with Crippen LogP contribution in [0.3, 0.4) is 0 Å². The molecule has 5 heteroatoms. The fourth-order valence-electron chi connectivity index (χ4n) is 2.97. The number of nitrogens with one attached hydrogen (secondary N) is 1. The van der Waals surface area contributed by atoms with Crippen LogP contribution in [0, 0.1) is 5.92 Å². The number of carbonyl (C=O) groups excluding carboxylic acids is 1. The largest absolute Gasteiger partial charge is 0.302 e. The number of nitrogens with zero attached hydrogens (tertiary/aromatic N) is 1. The van der Waals surface area contributed by atoms with E-state index in [2.05, 4.69) is 28.7 Å². The first kappa shape index (κ1) is 14.9. The normalized spacial score (nSPS) is 16.2. The van der Waals surface area contributed by atoms with Crippen LogP contribution in [0.2, 0.25) is 0 Å². The van der Waals surface area contributed by atoms with Crippen molar-refractivity contribution in [2.45, 2.75) is 43.4 Å². The molecular weight excluding hydrogens is 300 g/mol. The maximum atomic E-state index is 12.2. The molecule has 1 amide bonds. The number of anilines is 1. The Bertz CT molecular complexity index is 632. The molecular formula is C16H20N2OS2. The van der Waals surface area contributed by atoms with Gasteiger partial charge in [-0.05, 0) is 37.1 Å². The predicted octanol–water partition coefficient (Wildman–Crippen LogP) is 4.93. The van der Waals surface area contributed by atoms with E-state index in [1.807, 2.05) is 6.07 Å². The number of fused-ring (bicyclic) bond motifs is 1. The number of aromatic nitrogens is 1. The second kappa shape index (κ2) is 6.79. The van der Waals surface area contributed by atoms with Gasteiger partial charge in [-0.1, -0.05) is 36.7 Å². The van der Waals surface area contributed by atoms with Crippen molar-refractivity contribution in [1.82, 2.24) is 4.98 Å². The van der Waals surface area contributed by atoms with Gasteiger partial charge < -0.3 is 5.32 Å². The van der Waals surface area contributed by atoms with Crippen molar-refractivity contribution < 1.29 is 4.79 Å². The number of carbonyl (C=O) groups is 1. The Labute approximate surface area is 133 Å². The number of benzene rings is 1. The maximum Gasteiger partial charge on any atom is 0.226 e. The van der Waals surface area contributed by atoms with Gasteiger partial charge in [0, 0.05) is 11.3 Å². The van der Waals surface area contributed by atoms with Crippen molar-refractivity contribution in [3.63, 3.8) is 0 Å². The van der Waals surface area contributed by atoms with E-state index in [0.717, 1.165) is 20.2 Å². The van der Waals surface area contributed by atoms with E-state index in [-0.39, 0.29) is 5.91 Å². The molecule has 0 unspecified atom stereocenters. The minimum atomic E-state index is 0.117. The van der Waals surface area contributed by atoms with Gasteiger partial charge in [0.2, 0.25) is 5.91 Å². The lowest BCUT2D eigenvalue weighted by Crippen LogP contribution is -2.18. The van der Waals surface area contributed by atoms with Crippen molar-refractivity contribution in [3.8, 4) is 0 Å². The summed E-state index contributed by atoms with van der Waals surface area (Å²) >= 11 is 3.25. The first-order valence-electron chi connectivity index (χ1n) is 7.49. The summed E-state index contributed by atoms with van der Waals surface area (Å²) in [4.78, 5) is 17.9. The van der Waals surface area contributed by atoms with E-state index in [1.165, 1.54) is 32.1 Å². The molecule has 21 heavy (non-hydrogen) atoms. The van der Waals surface area contributed by atoms with Crippen LogP contribution in [0.25, 0.3) is 10.2 Å². The molecule has 1 heterocycles. The Morgan fingerprint density at radius 2 is 2.19 bits per heavy atom. The van der Waals surface area contributed by atoms with Gasteiger partial charge in [-0.15, -0.1) is 11.8 Å². The van der Waals surface area contributed by atoms with E-state index in [4.69, 9.17) is 0 Å². The van der Waals surface area contributed by atoms with E-state index >= 15 is 0 Å². The summed E-state index contributed by atoms with van der Waals surface area (Å²) in [5.74, 6) is 0.682. The highest BCUT2D eigenvalue weighted by Gasteiger charge is 2.18. The maximum absolute atomic E-state index is 12.2. The number of hydrogen-bond acceptors (Lipinski definition) is 4. The van der Waals surface area contributed by atoms with Crippen molar-refractivity contribution in [1.29, 1.82) is 0 Å². The third-order valence-electron chi connectivity index (χ3n) is 4.05. The lowest BCUT2D eigenvalue weighted by Gasteiger charge is -2.20. The van der Waals surface area contributed by atoms with E-state index in [1.54, 1.807) is 23.1 Å². The highest BCUT2D eigenvalue weighted by molar-refractivity contribution is 7.98. The molecule has 1 aliphatic rings. The quantitative estimate of drug-likeness (QED) is 0.812. The Morgan fingerprint density at radius 1 is 1.38 bits per heavy atom. The molecule has 1 fully saturated rings. The molecule has 0 bridgehead atoms. The summed E-state index contributed by atoms with van der Waals surface area (Å²) in [5.41, 5.74) is 1.00. The molecule has 0 saturated heterocycles. The van der Waals surface area contributed by atoms with Crippen molar-refractivity contribution in [2.75, 3.05) is 11.6 Å². The summed E-state index contributed by atoms with van der Waals surface area (Å²) in [6.45, 7) is 0. The second-order valence-corrected chi connectivity index (χ2v) is 7.46. The fraction of sp³-hybridized carbons (Fsp3) is 0.500. The Hall–Kier alpha value is -1.07. The lowest BCUT2D eigenvalue weighted by atomic mass is 9.87. The summed E-state index contributed by atoms with van der Waals surface area (Å²) < 4.78 is 1.13. The van der Waals surface area contributed by atoms with E-state index in [9.17, 15) is 4.79 Å². The van der Waals surface area contributed by atoms with Crippen LogP contribution in [-0.4, -0.2) is 17.1 Å². The van der Waals surface area contributed by atoms with Gasteiger partial charge in [0.05, 0.1) is 10.2 Å². The van der Waals surface area contributed by atoms with Crippen LogP contribution in [0.1, 0.15) is 38.5 Å². The van der Waals surface area contributed by atoms with Crippen LogP contribution in [-0.2, 0) is 4.79 Å². The first-order valence-corrected chi connectivity index (χ1v) is 9.54. The van der Waals surface area contributed by atoms with Crippen LogP contribution in [0.5, 0.6) is 0 Å². The van der Waals surface area contributed by atoms with Gasteiger partial charge >= 0.3 is 0 Å². The summed E-state index contributed by atoms with van der Waals surface area (Å²) in [5, 5.41) is 3.72. The smallest absolute Gasteiger partial charge is 0.226 e. The second-order valence-electron chi connectivity index (χ2n) is 5.58. The molecule has 2 aromatic rings. The molecule has 0 aliphatic heterocycles. The van der Waals surface area contributed by atoms with Gasteiger partial charge in [0.15, 0.2) is 5.13 Å². The molecule has 0 atom stereocenters. The van der Waals surface area contributed by atoms with Gasteiger partial charge in [-0.25, -0.2) is 4.98 Å².